The van der Waals surface area contributed by atoms with Gasteiger partial charge in [0.1, 0.15) is 12.0 Å². The number of aryl methyl sites for hydroxylation is 1. The van der Waals surface area contributed by atoms with Crippen LogP contribution in [0.15, 0.2) is 10.9 Å². The van der Waals surface area contributed by atoms with E-state index in [1.54, 1.807) is 7.05 Å². The van der Waals surface area contributed by atoms with E-state index in [0.29, 0.717) is 10.3 Å². The molecule has 0 aromatic carbocycles. The van der Waals surface area contributed by atoms with Crippen molar-refractivity contribution in [1.82, 2.24) is 25.0 Å². The van der Waals surface area contributed by atoms with Crippen LogP contribution in [-0.2, 0) is 7.05 Å². The summed E-state index contributed by atoms with van der Waals surface area (Å²) in [6, 6.07) is 0. The van der Waals surface area contributed by atoms with E-state index in [-0.39, 0.29) is 16.5 Å². The Labute approximate surface area is 108 Å². The van der Waals surface area contributed by atoms with Crippen molar-refractivity contribution in [2.45, 2.75) is 0 Å². The smallest absolute Gasteiger partial charge is 0.258 e. The maximum absolute atomic E-state index is 10.9. The van der Waals surface area contributed by atoms with Gasteiger partial charge in [-0.15, -0.1) is 5.10 Å². The van der Waals surface area contributed by atoms with Gasteiger partial charge in [-0.1, -0.05) is 16.8 Å². The topological polar surface area (TPSA) is 99.6 Å². The van der Waals surface area contributed by atoms with Gasteiger partial charge >= 0.3 is 5.69 Å². The van der Waals surface area contributed by atoms with E-state index in [4.69, 9.17) is 11.6 Å². The average Bonchev–Trinajstić information content (AvgIpc) is 2.57. The van der Waals surface area contributed by atoms with Gasteiger partial charge in [0.15, 0.2) is 10.3 Å². The quantitative estimate of drug-likeness (QED) is 0.473. The van der Waals surface area contributed by atoms with Crippen molar-refractivity contribution < 1.29 is 4.92 Å². The Morgan fingerprint density at radius 3 is 2.76 bits per heavy atom. The fourth-order valence-corrected chi connectivity index (χ4v) is 1.99. The molecule has 0 fully saturated rings. The molecule has 0 saturated heterocycles. The van der Waals surface area contributed by atoms with Crippen LogP contribution in [0.5, 0.6) is 0 Å². The first-order valence-corrected chi connectivity index (χ1v) is 5.40. The summed E-state index contributed by atoms with van der Waals surface area (Å²) >= 11 is 8.83. The molecule has 8 nitrogen and oxygen atoms in total. The normalized spacial score (nSPS) is 10.5. The molecule has 88 valence electrons. The van der Waals surface area contributed by atoms with Crippen molar-refractivity contribution in [2.75, 3.05) is 0 Å². The lowest BCUT2D eigenvalue weighted by atomic mass is 10.3. The van der Waals surface area contributed by atoms with Crippen molar-refractivity contribution >= 4 is 33.2 Å². The summed E-state index contributed by atoms with van der Waals surface area (Å²) in [5, 5.41) is 18.2. The third-order valence-electron chi connectivity index (χ3n) is 1.97. The highest BCUT2D eigenvalue weighted by Gasteiger charge is 2.27. The molecular weight excluding hydrogens is 315 g/mol. The molecule has 2 aromatic heterocycles. The molecule has 0 aliphatic heterocycles. The van der Waals surface area contributed by atoms with E-state index in [2.05, 4.69) is 36.2 Å². The maximum Gasteiger partial charge on any atom is 0.334 e. The van der Waals surface area contributed by atoms with Crippen LogP contribution in [0, 0.1) is 10.1 Å². The standard InChI is InChI=1S/C7H4BrClN6O2/c1-14-4(6(8)12-13-14)3-5(15(16)17)7(9)11-2-10-3/h2H,1H3. The fourth-order valence-electron chi connectivity index (χ4n) is 1.28. The third kappa shape index (κ3) is 1.98. The number of rotatable bonds is 2. The second-order valence-electron chi connectivity index (χ2n) is 2.97. The predicted molar refractivity (Wildman–Crippen MR) is 61.4 cm³/mol. The van der Waals surface area contributed by atoms with E-state index < -0.39 is 4.92 Å². The Hall–Kier alpha value is -1.61. The monoisotopic (exact) mass is 318 g/mol. The van der Waals surface area contributed by atoms with E-state index in [0.717, 1.165) is 6.33 Å². The molecule has 0 radical (unpaired) electrons. The molecule has 0 atom stereocenters. The highest BCUT2D eigenvalue weighted by Crippen LogP contribution is 2.34. The minimum atomic E-state index is -0.642. The molecule has 0 unspecified atom stereocenters. The van der Waals surface area contributed by atoms with Gasteiger partial charge in [-0.25, -0.2) is 14.6 Å². The van der Waals surface area contributed by atoms with Crippen molar-refractivity contribution in [3.8, 4) is 11.4 Å². The van der Waals surface area contributed by atoms with Gasteiger partial charge in [0.2, 0.25) is 5.15 Å². The average molecular weight is 320 g/mol. The molecule has 0 N–H and O–H groups in total. The number of hydrogen-bond acceptors (Lipinski definition) is 6. The van der Waals surface area contributed by atoms with Gasteiger partial charge in [-0.05, 0) is 15.9 Å². The zero-order valence-corrected chi connectivity index (χ0v) is 10.7. The summed E-state index contributed by atoms with van der Waals surface area (Å²) in [7, 11) is 1.59. The molecule has 17 heavy (non-hydrogen) atoms. The highest BCUT2D eigenvalue weighted by atomic mass is 79.9. The zero-order chi connectivity index (χ0) is 12.6. The van der Waals surface area contributed by atoms with Crippen molar-refractivity contribution in [2.24, 2.45) is 7.05 Å². The Bertz CT molecular complexity index is 581. The first-order valence-electron chi connectivity index (χ1n) is 4.22. The number of hydrogen-bond donors (Lipinski definition) is 0. The summed E-state index contributed by atoms with van der Waals surface area (Å²) in [4.78, 5) is 17.7. The van der Waals surface area contributed by atoms with Crippen LogP contribution in [0.3, 0.4) is 0 Å². The summed E-state index contributed by atoms with van der Waals surface area (Å²) < 4.78 is 1.70. The Morgan fingerprint density at radius 2 is 2.24 bits per heavy atom. The van der Waals surface area contributed by atoms with Crippen LogP contribution in [0.2, 0.25) is 5.15 Å². The molecule has 10 heteroatoms. The van der Waals surface area contributed by atoms with E-state index in [1.165, 1.54) is 4.68 Å². The van der Waals surface area contributed by atoms with E-state index in [9.17, 15) is 10.1 Å². The maximum atomic E-state index is 10.9. The third-order valence-corrected chi connectivity index (χ3v) is 2.78. The Morgan fingerprint density at radius 1 is 1.53 bits per heavy atom. The van der Waals surface area contributed by atoms with Crippen molar-refractivity contribution in [3.63, 3.8) is 0 Å². The minimum absolute atomic E-state index is 0.0642. The van der Waals surface area contributed by atoms with Gasteiger partial charge in [0, 0.05) is 7.05 Å². The minimum Gasteiger partial charge on any atom is -0.258 e. The SMILES string of the molecule is Cn1nnc(Br)c1-c1ncnc(Cl)c1[N+](=O)[O-]. The second-order valence-corrected chi connectivity index (χ2v) is 4.08. The van der Waals surface area contributed by atoms with Crippen LogP contribution < -0.4 is 0 Å². The van der Waals surface area contributed by atoms with Crippen LogP contribution in [0.1, 0.15) is 0 Å². The first-order chi connectivity index (χ1) is 8.02. The van der Waals surface area contributed by atoms with E-state index >= 15 is 0 Å². The molecule has 0 spiro atoms. The molecule has 0 bridgehead atoms. The lowest BCUT2D eigenvalue weighted by Gasteiger charge is -2.02. The number of nitrogens with zero attached hydrogens (tertiary/aromatic N) is 6. The second kappa shape index (κ2) is 4.34. The van der Waals surface area contributed by atoms with Gasteiger partial charge in [0.25, 0.3) is 0 Å². The number of aromatic nitrogens is 5. The molecule has 2 rings (SSSR count). The zero-order valence-electron chi connectivity index (χ0n) is 8.33. The Kier molecular flexibility index (Phi) is 3.03. The van der Waals surface area contributed by atoms with Crippen molar-refractivity contribution in [3.05, 3.63) is 26.2 Å². The summed E-state index contributed by atoms with van der Waals surface area (Å²) in [6.07, 6.45) is 1.14. The van der Waals surface area contributed by atoms with Crippen LogP contribution in [0.25, 0.3) is 11.4 Å². The van der Waals surface area contributed by atoms with Gasteiger partial charge in [0.05, 0.1) is 4.92 Å². The number of halogens is 2. The fraction of sp³-hybridized carbons (Fsp3) is 0.143. The molecule has 0 saturated carbocycles. The molecule has 2 aromatic rings. The summed E-state index contributed by atoms with van der Waals surface area (Å²) in [5.74, 6) is 0. The number of nitro groups is 1. The molecule has 0 amide bonds. The molecule has 0 aliphatic rings. The molecular formula is C7H4BrClN6O2. The largest absolute Gasteiger partial charge is 0.334 e. The Balaban J connectivity index is 2.76. The van der Waals surface area contributed by atoms with Crippen LogP contribution >= 0.6 is 27.5 Å². The molecule has 2 heterocycles. The van der Waals surface area contributed by atoms with Gasteiger partial charge < -0.3 is 0 Å². The summed E-state index contributed by atoms with van der Waals surface area (Å²) in [6.45, 7) is 0. The van der Waals surface area contributed by atoms with Crippen LogP contribution in [0.4, 0.5) is 5.69 Å². The van der Waals surface area contributed by atoms with E-state index in [1.807, 2.05) is 0 Å². The highest BCUT2D eigenvalue weighted by molar-refractivity contribution is 9.10. The summed E-state index contributed by atoms with van der Waals surface area (Å²) in [5.41, 5.74) is 0.0515. The predicted octanol–water partition coefficient (Wildman–Crippen LogP) is 1.60. The first kappa shape index (κ1) is 11.9. The lowest BCUT2D eigenvalue weighted by Crippen LogP contribution is -2.02. The van der Waals surface area contributed by atoms with Gasteiger partial charge in [-0.2, -0.15) is 0 Å². The lowest BCUT2D eigenvalue weighted by molar-refractivity contribution is -0.384. The van der Waals surface area contributed by atoms with Gasteiger partial charge in [-0.3, -0.25) is 10.1 Å². The van der Waals surface area contributed by atoms with Crippen LogP contribution in [-0.4, -0.2) is 29.9 Å². The van der Waals surface area contributed by atoms with Crippen molar-refractivity contribution in [1.29, 1.82) is 0 Å². The molecule has 0 aliphatic carbocycles.